The van der Waals surface area contributed by atoms with Crippen LogP contribution in [0, 0.1) is 0 Å². The number of anilines is 1. The Balaban J connectivity index is 1.75. The van der Waals surface area contributed by atoms with Gasteiger partial charge >= 0.3 is 6.09 Å². The highest BCUT2D eigenvalue weighted by atomic mass is 16.4. The Morgan fingerprint density at radius 2 is 1.67 bits per heavy atom. The van der Waals surface area contributed by atoms with Crippen LogP contribution in [0.25, 0.3) is 0 Å². The lowest BCUT2D eigenvalue weighted by Crippen LogP contribution is -2.32. The van der Waals surface area contributed by atoms with Crippen LogP contribution < -0.4 is 16.4 Å². The second-order valence-corrected chi connectivity index (χ2v) is 5.56. The molecule has 126 valence electrons. The predicted octanol–water partition coefficient (Wildman–Crippen LogP) is 2.35. The van der Waals surface area contributed by atoms with Gasteiger partial charge in [0.15, 0.2) is 0 Å². The molecule has 5 N–H and O–H groups in total. The van der Waals surface area contributed by atoms with Crippen molar-refractivity contribution in [3.63, 3.8) is 0 Å². The summed E-state index contributed by atoms with van der Waals surface area (Å²) in [4.78, 5) is 22.5. The number of nitrogens with two attached hydrogens (primary N) is 1. The number of carboxylic acid groups (broad SMARTS) is 1. The van der Waals surface area contributed by atoms with Crippen molar-refractivity contribution in [2.75, 3.05) is 5.32 Å². The molecule has 0 fully saturated rings. The van der Waals surface area contributed by atoms with Gasteiger partial charge in [0.25, 0.3) is 0 Å². The monoisotopic (exact) mass is 327 g/mol. The van der Waals surface area contributed by atoms with Crippen molar-refractivity contribution in [1.29, 1.82) is 0 Å². The van der Waals surface area contributed by atoms with E-state index in [1.165, 1.54) is 0 Å². The lowest BCUT2D eigenvalue weighted by atomic mass is 10.0. The summed E-state index contributed by atoms with van der Waals surface area (Å²) in [5.74, 6) is -0.105. The molecule has 1 atom stereocenters. The maximum Gasteiger partial charge on any atom is 0.409 e. The van der Waals surface area contributed by atoms with Crippen molar-refractivity contribution in [3.05, 3.63) is 65.7 Å². The van der Waals surface area contributed by atoms with Gasteiger partial charge in [-0.3, -0.25) is 10.1 Å². The van der Waals surface area contributed by atoms with E-state index in [0.29, 0.717) is 18.7 Å². The first-order valence-corrected chi connectivity index (χ1v) is 7.68. The summed E-state index contributed by atoms with van der Waals surface area (Å²) < 4.78 is 0. The van der Waals surface area contributed by atoms with Crippen LogP contribution in [0.4, 0.5) is 10.5 Å². The molecule has 0 spiro atoms. The number of benzene rings is 2. The number of hydrogen-bond acceptors (Lipinski definition) is 3. The normalized spacial score (nSPS) is 11.5. The van der Waals surface area contributed by atoms with E-state index in [9.17, 15) is 9.59 Å². The molecular formula is C18H21N3O3. The van der Waals surface area contributed by atoms with Crippen LogP contribution in [-0.4, -0.2) is 23.1 Å². The summed E-state index contributed by atoms with van der Waals surface area (Å²) in [5.41, 5.74) is 8.50. The van der Waals surface area contributed by atoms with Crippen molar-refractivity contribution in [2.24, 2.45) is 5.73 Å². The summed E-state index contributed by atoms with van der Waals surface area (Å²) >= 11 is 0. The molecule has 0 heterocycles. The third kappa shape index (κ3) is 6.10. The average molecular weight is 327 g/mol. The molecule has 0 aliphatic heterocycles. The van der Waals surface area contributed by atoms with E-state index < -0.39 is 6.09 Å². The molecular weight excluding hydrogens is 306 g/mol. The highest BCUT2D eigenvalue weighted by molar-refractivity contribution is 5.82. The fourth-order valence-corrected chi connectivity index (χ4v) is 2.33. The first-order chi connectivity index (χ1) is 11.5. The molecule has 6 nitrogen and oxygen atoms in total. The Hall–Kier alpha value is -2.86. The highest BCUT2D eigenvalue weighted by Gasteiger charge is 2.10. The van der Waals surface area contributed by atoms with Crippen molar-refractivity contribution in [3.8, 4) is 0 Å². The topological polar surface area (TPSA) is 104 Å². The summed E-state index contributed by atoms with van der Waals surface area (Å²) in [6.07, 6.45) is -0.194. The molecule has 0 unspecified atom stereocenters. The molecule has 6 heteroatoms. The lowest BCUT2D eigenvalue weighted by molar-refractivity contribution is -0.121. The van der Waals surface area contributed by atoms with Crippen LogP contribution in [0.3, 0.4) is 0 Å². The minimum Gasteiger partial charge on any atom is -0.465 e. The minimum atomic E-state index is -1.11. The number of carbonyl (C=O) groups is 2. The zero-order chi connectivity index (χ0) is 17.4. The number of hydrogen-bond donors (Lipinski definition) is 4. The van der Waals surface area contributed by atoms with Crippen LogP contribution in [0.15, 0.2) is 54.6 Å². The Kier molecular flexibility index (Phi) is 6.33. The number of carbonyl (C=O) groups excluding carboxylic acids is 1. The summed E-state index contributed by atoms with van der Waals surface area (Å²) in [6.45, 7) is 0.379. The molecule has 24 heavy (non-hydrogen) atoms. The van der Waals surface area contributed by atoms with Gasteiger partial charge in [0.05, 0.1) is 0 Å². The van der Waals surface area contributed by atoms with E-state index in [2.05, 4.69) is 10.6 Å². The van der Waals surface area contributed by atoms with Crippen molar-refractivity contribution in [1.82, 2.24) is 5.32 Å². The Bertz CT molecular complexity index is 672. The van der Waals surface area contributed by atoms with E-state index >= 15 is 0 Å². The van der Waals surface area contributed by atoms with Crippen LogP contribution in [0.5, 0.6) is 0 Å². The second kappa shape index (κ2) is 8.69. The van der Waals surface area contributed by atoms with E-state index in [0.717, 1.165) is 11.1 Å². The summed E-state index contributed by atoms with van der Waals surface area (Å²) in [6, 6.07) is 16.4. The average Bonchev–Trinajstić information content (AvgIpc) is 2.54. The van der Waals surface area contributed by atoms with Crippen molar-refractivity contribution < 1.29 is 14.7 Å². The van der Waals surface area contributed by atoms with Crippen LogP contribution in [0.2, 0.25) is 0 Å². The van der Waals surface area contributed by atoms with Crippen LogP contribution in [0.1, 0.15) is 17.5 Å². The van der Waals surface area contributed by atoms with E-state index in [4.69, 9.17) is 10.8 Å². The predicted molar refractivity (Wildman–Crippen MR) is 92.7 cm³/mol. The van der Waals surface area contributed by atoms with Crippen LogP contribution in [-0.2, 0) is 17.8 Å². The second-order valence-electron chi connectivity index (χ2n) is 5.56. The van der Waals surface area contributed by atoms with Crippen molar-refractivity contribution >= 4 is 17.7 Å². The van der Waals surface area contributed by atoms with E-state index in [1.807, 2.05) is 30.3 Å². The zero-order valence-corrected chi connectivity index (χ0v) is 13.2. The summed E-state index contributed by atoms with van der Waals surface area (Å²) in [7, 11) is 0. The molecule has 0 saturated heterocycles. The molecule has 0 saturated carbocycles. The highest BCUT2D eigenvalue weighted by Crippen LogP contribution is 2.09. The zero-order valence-electron chi connectivity index (χ0n) is 13.2. The summed E-state index contributed by atoms with van der Waals surface area (Å²) in [5, 5.41) is 13.7. The van der Waals surface area contributed by atoms with E-state index in [1.54, 1.807) is 24.3 Å². The Labute approximate surface area is 140 Å². The maximum atomic E-state index is 11.9. The molecule has 0 radical (unpaired) electrons. The molecule has 2 amide bonds. The minimum absolute atomic E-state index is 0.105. The van der Waals surface area contributed by atoms with E-state index in [-0.39, 0.29) is 18.4 Å². The van der Waals surface area contributed by atoms with Gasteiger partial charge in [0.2, 0.25) is 5.91 Å². The first kappa shape index (κ1) is 17.5. The van der Waals surface area contributed by atoms with Gasteiger partial charge in [-0.1, -0.05) is 42.5 Å². The quantitative estimate of drug-likeness (QED) is 0.626. The standard InChI is InChI=1S/C18H21N3O3/c19-15(10-13-4-2-1-3-5-13)11-17(22)20-12-14-6-8-16(9-7-14)21-18(23)24/h1-9,15,21H,10-12,19H2,(H,20,22)(H,23,24)/t15-/m0/s1. The number of amides is 2. The van der Waals surface area contributed by atoms with Gasteiger partial charge in [0, 0.05) is 24.7 Å². The van der Waals surface area contributed by atoms with Gasteiger partial charge < -0.3 is 16.2 Å². The molecule has 0 aliphatic rings. The van der Waals surface area contributed by atoms with Gasteiger partial charge in [-0.05, 0) is 29.7 Å². The first-order valence-electron chi connectivity index (χ1n) is 7.68. The van der Waals surface area contributed by atoms with Crippen LogP contribution >= 0.6 is 0 Å². The van der Waals surface area contributed by atoms with Gasteiger partial charge in [-0.25, -0.2) is 4.79 Å². The fourth-order valence-electron chi connectivity index (χ4n) is 2.33. The van der Waals surface area contributed by atoms with Gasteiger partial charge in [-0.15, -0.1) is 0 Å². The fraction of sp³-hybridized carbons (Fsp3) is 0.222. The van der Waals surface area contributed by atoms with Gasteiger partial charge in [-0.2, -0.15) is 0 Å². The largest absolute Gasteiger partial charge is 0.465 e. The molecule has 2 aromatic carbocycles. The smallest absolute Gasteiger partial charge is 0.409 e. The number of nitrogens with one attached hydrogen (secondary N) is 2. The molecule has 0 bridgehead atoms. The van der Waals surface area contributed by atoms with Gasteiger partial charge in [0.1, 0.15) is 0 Å². The molecule has 0 aromatic heterocycles. The molecule has 2 aromatic rings. The third-order valence-electron chi connectivity index (χ3n) is 3.48. The third-order valence-corrected chi connectivity index (χ3v) is 3.48. The lowest BCUT2D eigenvalue weighted by Gasteiger charge is -2.12. The Morgan fingerprint density at radius 1 is 1.00 bits per heavy atom. The number of rotatable bonds is 7. The molecule has 2 rings (SSSR count). The maximum absolute atomic E-state index is 11.9. The van der Waals surface area contributed by atoms with Crippen molar-refractivity contribution in [2.45, 2.75) is 25.4 Å². The Morgan fingerprint density at radius 3 is 2.29 bits per heavy atom. The molecule has 0 aliphatic carbocycles. The SMILES string of the molecule is N[C@H](CC(=O)NCc1ccc(NC(=O)O)cc1)Cc1ccccc1.